The van der Waals surface area contributed by atoms with Crippen molar-refractivity contribution in [3.8, 4) is 0 Å². The van der Waals surface area contributed by atoms with Crippen LogP contribution in [0.3, 0.4) is 0 Å². The van der Waals surface area contributed by atoms with E-state index in [4.69, 9.17) is 4.74 Å². The summed E-state index contributed by atoms with van der Waals surface area (Å²) >= 11 is 0. The topological polar surface area (TPSA) is 48.1 Å². The number of nitrogens with one attached hydrogen (secondary N) is 1. The highest BCUT2D eigenvalue weighted by atomic mass is 19.3. The first kappa shape index (κ1) is 18.9. The number of morpholine rings is 1. The van der Waals surface area contributed by atoms with Crippen molar-refractivity contribution in [3.05, 3.63) is 0 Å². The first-order valence-electron chi connectivity index (χ1n) is 9.32. The highest BCUT2D eigenvalue weighted by Gasteiger charge is 2.43. The molecule has 0 aliphatic carbocycles. The largest absolute Gasteiger partial charge is 0.374 e. The fourth-order valence-corrected chi connectivity index (χ4v) is 3.87. The SMILES string of the molecule is CC(C)N1CCOC(CN2CCN(C(=O)C3CC(F)(F)CN3)CC2)C1. The number of hydrogen-bond acceptors (Lipinski definition) is 5. The van der Waals surface area contributed by atoms with Crippen molar-refractivity contribution in [2.75, 3.05) is 59.0 Å². The quantitative estimate of drug-likeness (QED) is 0.778. The van der Waals surface area contributed by atoms with Gasteiger partial charge in [-0.25, -0.2) is 8.78 Å². The zero-order valence-electron chi connectivity index (χ0n) is 15.2. The van der Waals surface area contributed by atoms with Crippen molar-refractivity contribution >= 4 is 5.91 Å². The minimum absolute atomic E-state index is 0.184. The standard InChI is InChI=1S/C17H30F2N4O2/c1-13(2)23-7-8-25-14(11-23)10-21-3-5-22(6-4-21)16(24)15-9-17(18,19)12-20-15/h13-15,20H,3-12H2,1-2H3. The maximum absolute atomic E-state index is 13.3. The summed E-state index contributed by atoms with van der Waals surface area (Å²) in [5, 5.41) is 2.66. The molecule has 144 valence electrons. The van der Waals surface area contributed by atoms with E-state index in [1.165, 1.54) is 0 Å². The molecule has 6 nitrogen and oxygen atoms in total. The number of hydrogen-bond donors (Lipinski definition) is 1. The number of piperazine rings is 1. The lowest BCUT2D eigenvalue weighted by atomic mass is 10.1. The number of rotatable bonds is 4. The Kier molecular flexibility index (Phi) is 5.92. The number of ether oxygens (including phenoxy) is 1. The Morgan fingerprint density at radius 2 is 1.96 bits per heavy atom. The molecule has 1 N–H and O–H groups in total. The van der Waals surface area contributed by atoms with Gasteiger partial charge in [-0.15, -0.1) is 0 Å². The van der Waals surface area contributed by atoms with Crippen LogP contribution in [0, 0.1) is 0 Å². The van der Waals surface area contributed by atoms with Crippen molar-refractivity contribution in [2.24, 2.45) is 0 Å². The molecule has 25 heavy (non-hydrogen) atoms. The Balaban J connectivity index is 1.42. The summed E-state index contributed by atoms with van der Waals surface area (Å²) in [6.07, 6.45) is -0.180. The van der Waals surface area contributed by atoms with Gasteiger partial charge in [0.2, 0.25) is 5.91 Å². The zero-order chi connectivity index (χ0) is 18.0. The number of carbonyl (C=O) groups is 1. The molecule has 0 saturated carbocycles. The van der Waals surface area contributed by atoms with Crippen LogP contribution in [0.2, 0.25) is 0 Å². The van der Waals surface area contributed by atoms with E-state index >= 15 is 0 Å². The first-order valence-corrected chi connectivity index (χ1v) is 9.32. The van der Waals surface area contributed by atoms with Gasteiger partial charge >= 0.3 is 0 Å². The average Bonchev–Trinajstić information content (AvgIpc) is 2.95. The monoisotopic (exact) mass is 360 g/mol. The van der Waals surface area contributed by atoms with Crippen LogP contribution in [-0.2, 0) is 9.53 Å². The number of alkyl halides is 2. The molecule has 0 aromatic rings. The van der Waals surface area contributed by atoms with Gasteiger partial charge in [-0.1, -0.05) is 0 Å². The van der Waals surface area contributed by atoms with Crippen molar-refractivity contribution in [3.63, 3.8) is 0 Å². The number of nitrogens with zero attached hydrogens (tertiary/aromatic N) is 3. The highest BCUT2D eigenvalue weighted by molar-refractivity contribution is 5.82. The van der Waals surface area contributed by atoms with Gasteiger partial charge in [0.25, 0.3) is 5.92 Å². The summed E-state index contributed by atoms with van der Waals surface area (Å²) in [6, 6.07) is -0.208. The maximum atomic E-state index is 13.3. The molecule has 3 aliphatic rings. The van der Waals surface area contributed by atoms with Gasteiger partial charge in [0.1, 0.15) is 0 Å². The van der Waals surface area contributed by atoms with Crippen molar-refractivity contribution in [2.45, 2.75) is 44.4 Å². The summed E-state index contributed by atoms with van der Waals surface area (Å²) in [5.74, 6) is -2.94. The van der Waals surface area contributed by atoms with Crippen molar-refractivity contribution < 1.29 is 18.3 Å². The number of carbonyl (C=O) groups excluding carboxylic acids is 1. The van der Waals surface area contributed by atoms with Gasteiger partial charge in [0, 0.05) is 58.3 Å². The second kappa shape index (κ2) is 7.82. The number of halogens is 2. The summed E-state index contributed by atoms with van der Waals surface area (Å²) in [5.41, 5.74) is 0. The van der Waals surface area contributed by atoms with Crippen molar-refractivity contribution in [1.29, 1.82) is 0 Å². The summed E-state index contributed by atoms with van der Waals surface area (Å²) in [7, 11) is 0. The third kappa shape index (κ3) is 4.87. The fraction of sp³-hybridized carbons (Fsp3) is 0.941. The second-order valence-corrected chi connectivity index (χ2v) is 7.70. The van der Waals surface area contributed by atoms with Gasteiger partial charge in [0.15, 0.2) is 0 Å². The fourth-order valence-electron chi connectivity index (χ4n) is 3.87. The third-order valence-electron chi connectivity index (χ3n) is 5.45. The molecule has 1 amide bonds. The van der Waals surface area contributed by atoms with Crippen LogP contribution in [0.5, 0.6) is 0 Å². The minimum Gasteiger partial charge on any atom is -0.374 e. The smallest absolute Gasteiger partial charge is 0.262 e. The normalized spacial score (nSPS) is 31.6. The number of amides is 1. The van der Waals surface area contributed by atoms with E-state index in [0.717, 1.165) is 39.3 Å². The van der Waals surface area contributed by atoms with Gasteiger partial charge in [-0.2, -0.15) is 0 Å². The van der Waals surface area contributed by atoms with E-state index in [0.29, 0.717) is 19.1 Å². The van der Waals surface area contributed by atoms with E-state index in [9.17, 15) is 13.6 Å². The van der Waals surface area contributed by atoms with Crippen molar-refractivity contribution in [1.82, 2.24) is 20.0 Å². The van der Waals surface area contributed by atoms with Gasteiger partial charge in [0.05, 0.1) is 25.3 Å². The predicted molar refractivity (Wildman–Crippen MR) is 90.8 cm³/mol. The van der Waals surface area contributed by atoms with E-state index in [1.54, 1.807) is 4.90 Å². The van der Waals surface area contributed by atoms with Gasteiger partial charge in [-0.05, 0) is 13.8 Å². The molecular weight excluding hydrogens is 330 g/mol. The Morgan fingerprint density at radius 1 is 1.24 bits per heavy atom. The molecule has 3 saturated heterocycles. The molecule has 0 radical (unpaired) electrons. The molecule has 2 atom stereocenters. The summed E-state index contributed by atoms with van der Waals surface area (Å²) in [6.45, 7) is 10.3. The molecule has 0 spiro atoms. The molecule has 0 aromatic heterocycles. The predicted octanol–water partition coefficient (Wildman–Crippen LogP) is 0.237. The lowest BCUT2D eigenvalue weighted by molar-refractivity contribution is -0.136. The Morgan fingerprint density at radius 3 is 2.56 bits per heavy atom. The molecule has 3 fully saturated rings. The molecule has 3 aliphatic heterocycles. The summed E-state index contributed by atoms with van der Waals surface area (Å²) < 4.78 is 32.4. The van der Waals surface area contributed by atoms with Crippen LogP contribution >= 0.6 is 0 Å². The molecule has 0 aromatic carbocycles. The van der Waals surface area contributed by atoms with Crippen LogP contribution in [0.4, 0.5) is 8.78 Å². The lowest BCUT2D eigenvalue weighted by Gasteiger charge is -2.40. The van der Waals surface area contributed by atoms with E-state index in [1.807, 2.05) is 0 Å². The van der Waals surface area contributed by atoms with Crippen LogP contribution in [-0.4, -0.2) is 104 Å². The Labute approximate surface area is 148 Å². The zero-order valence-corrected chi connectivity index (χ0v) is 15.2. The molecule has 3 heterocycles. The molecular formula is C17H30F2N4O2. The van der Waals surface area contributed by atoms with E-state index < -0.39 is 18.5 Å². The Hall–Kier alpha value is -0.830. The Bertz CT molecular complexity index is 470. The van der Waals surface area contributed by atoms with Crippen LogP contribution in [0.1, 0.15) is 20.3 Å². The van der Waals surface area contributed by atoms with Gasteiger partial charge < -0.3 is 9.64 Å². The molecule has 0 bridgehead atoms. The van der Waals surface area contributed by atoms with Crippen LogP contribution in [0.15, 0.2) is 0 Å². The first-order chi connectivity index (χ1) is 11.8. The lowest BCUT2D eigenvalue weighted by Crippen LogP contribution is -2.56. The summed E-state index contributed by atoms with van der Waals surface area (Å²) in [4.78, 5) is 18.8. The van der Waals surface area contributed by atoms with Crippen LogP contribution < -0.4 is 5.32 Å². The van der Waals surface area contributed by atoms with Gasteiger partial charge in [-0.3, -0.25) is 19.9 Å². The molecule has 8 heteroatoms. The maximum Gasteiger partial charge on any atom is 0.262 e. The third-order valence-corrected chi connectivity index (χ3v) is 5.45. The van der Waals surface area contributed by atoms with E-state index in [-0.39, 0.29) is 18.4 Å². The second-order valence-electron chi connectivity index (χ2n) is 7.70. The van der Waals surface area contributed by atoms with E-state index in [2.05, 4.69) is 29.0 Å². The highest BCUT2D eigenvalue weighted by Crippen LogP contribution is 2.26. The minimum atomic E-state index is -2.76. The molecule has 2 unspecified atom stereocenters. The molecule has 3 rings (SSSR count). The van der Waals surface area contributed by atoms with Crippen LogP contribution in [0.25, 0.3) is 0 Å². The average molecular weight is 360 g/mol.